The van der Waals surface area contributed by atoms with E-state index in [2.05, 4.69) is 17.6 Å². The van der Waals surface area contributed by atoms with Gasteiger partial charge in [0.1, 0.15) is 0 Å². The molecule has 1 aliphatic heterocycles. The van der Waals surface area contributed by atoms with E-state index in [-0.39, 0.29) is 18.3 Å². The smallest absolute Gasteiger partial charge is 0.251 e. The summed E-state index contributed by atoms with van der Waals surface area (Å²) in [6.07, 6.45) is 5.93. The van der Waals surface area contributed by atoms with Crippen LogP contribution >= 0.6 is 12.4 Å². The molecule has 3 rings (SSSR count). The van der Waals surface area contributed by atoms with Crippen LogP contribution in [0.15, 0.2) is 18.2 Å². The molecule has 1 aromatic carbocycles. The fourth-order valence-electron chi connectivity index (χ4n) is 3.23. The molecule has 1 fully saturated rings. The summed E-state index contributed by atoms with van der Waals surface area (Å²) in [5, 5.41) is 6.54. The second-order valence-corrected chi connectivity index (χ2v) is 5.89. The summed E-state index contributed by atoms with van der Waals surface area (Å²) in [6.45, 7) is 3.23. The highest BCUT2D eigenvalue weighted by Crippen LogP contribution is 2.25. The van der Waals surface area contributed by atoms with Gasteiger partial charge in [0.25, 0.3) is 5.91 Å². The molecule has 3 nitrogen and oxygen atoms in total. The van der Waals surface area contributed by atoms with Crippen LogP contribution in [0.2, 0.25) is 0 Å². The van der Waals surface area contributed by atoms with Gasteiger partial charge in [-0.05, 0) is 48.9 Å². The molecule has 0 aromatic heterocycles. The molecular formula is C16H23ClN2O. The van der Waals surface area contributed by atoms with Crippen LogP contribution in [-0.4, -0.2) is 18.5 Å². The maximum absolute atomic E-state index is 12.3. The van der Waals surface area contributed by atoms with Crippen LogP contribution in [0.5, 0.6) is 0 Å². The van der Waals surface area contributed by atoms with E-state index in [1.54, 1.807) is 0 Å². The first-order valence-corrected chi connectivity index (χ1v) is 7.42. The number of carbonyl (C=O) groups is 1. The van der Waals surface area contributed by atoms with Gasteiger partial charge >= 0.3 is 0 Å². The molecule has 2 N–H and O–H groups in total. The van der Waals surface area contributed by atoms with Gasteiger partial charge in [-0.1, -0.05) is 19.8 Å². The molecule has 0 bridgehead atoms. The predicted octanol–water partition coefficient (Wildman–Crippen LogP) is 3.38. The molecule has 1 saturated carbocycles. The van der Waals surface area contributed by atoms with Crippen LogP contribution in [0.3, 0.4) is 0 Å². The number of hydrogen-bond donors (Lipinski definition) is 2. The first kappa shape index (κ1) is 15.2. The fourth-order valence-corrected chi connectivity index (χ4v) is 3.23. The number of hydrogen-bond acceptors (Lipinski definition) is 2. The zero-order valence-electron chi connectivity index (χ0n) is 11.9. The molecule has 1 aromatic rings. The highest BCUT2D eigenvalue weighted by molar-refractivity contribution is 5.95. The topological polar surface area (TPSA) is 41.1 Å². The molecule has 1 amide bonds. The zero-order valence-corrected chi connectivity index (χ0v) is 12.8. The molecule has 0 spiro atoms. The second kappa shape index (κ2) is 6.49. The summed E-state index contributed by atoms with van der Waals surface area (Å²) in [4.78, 5) is 12.3. The lowest BCUT2D eigenvalue weighted by Crippen LogP contribution is -2.41. The fraction of sp³-hybridized carbons (Fsp3) is 0.562. The van der Waals surface area contributed by atoms with E-state index in [1.807, 2.05) is 18.2 Å². The molecule has 2 unspecified atom stereocenters. The lowest BCUT2D eigenvalue weighted by Gasteiger charge is -2.29. The molecule has 1 heterocycles. The van der Waals surface area contributed by atoms with Crippen molar-refractivity contribution in [3.8, 4) is 0 Å². The van der Waals surface area contributed by atoms with Gasteiger partial charge in [0.2, 0.25) is 0 Å². The van der Waals surface area contributed by atoms with Crippen LogP contribution in [0, 0.1) is 5.92 Å². The Morgan fingerprint density at radius 3 is 2.90 bits per heavy atom. The first-order valence-electron chi connectivity index (χ1n) is 7.42. The average molecular weight is 295 g/mol. The normalized spacial score (nSPS) is 24.2. The average Bonchev–Trinajstić information content (AvgIpc) is 2.88. The number of amides is 1. The number of carbonyl (C=O) groups excluding carboxylic acids is 1. The minimum atomic E-state index is 0. The van der Waals surface area contributed by atoms with Gasteiger partial charge in [-0.15, -0.1) is 12.4 Å². The Morgan fingerprint density at radius 1 is 1.30 bits per heavy atom. The summed E-state index contributed by atoms with van der Waals surface area (Å²) in [5.74, 6) is 0.697. The van der Waals surface area contributed by atoms with Crippen molar-refractivity contribution < 1.29 is 4.79 Å². The molecular weight excluding hydrogens is 272 g/mol. The summed E-state index contributed by atoms with van der Waals surface area (Å²) in [6, 6.07) is 6.35. The van der Waals surface area contributed by atoms with E-state index in [9.17, 15) is 4.79 Å². The molecule has 2 aliphatic rings. The Labute approximate surface area is 126 Å². The Bertz CT molecular complexity index is 489. The molecule has 20 heavy (non-hydrogen) atoms. The maximum Gasteiger partial charge on any atom is 0.251 e. The van der Waals surface area contributed by atoms with Gasteiger partial charge < -0.3 is 10.6 Å². The lowest BCUT2D eigenvalue weighted by molar-refractivity contribution is 0.0910. The van der Waals surface area contributed by atoms with Crippen molar-refractivity contribution in [1.29, 1.82) is 0 Å². The van der Waals surface area contributed by atoms with E-state index >= 15 is 0 Å². The van der Waals surface area contributed by atoms with Gasteiger partial charge in [0, 0.05) is 23.8 Å². The second-order valence-electron chi connectivity index (χ2n) is 5.89. The van der Waals surface area contributed by atoms with Gasteiger partial charge in [-0.2, -0.15) is 0 Å². The van der Waals surface area contributed by atoms with Crippen molar-refractivity contribution in [2.24, 2.45) is 5.92 Å². The Balaban J connectivity index is 0.00000147. The summed E-state index contributed by atoms with van der Waals surface area (Å²) >= 11 is 0. The van der Waals surface area contributed by atoms with Gasteiger partial charge in [0.05, 0.1) is 0 Å². The molecule has 2 atom stereocenters. The lowest BCUT2D eigenvalue weighted by atomic mass is 9.86. The minimum Gasteiger partial charge on any atom is -0.384 e. The zero-order chi connectivity index (χ0) is 13.2. The maximum atomic E-state index is 12.3. The van der Waals surface area contributed by atoms with Crippen LogP contribution < -0.4 is 10.6 Å². The summed E-state index contributed by atoms with van der Waals surface area (Å²) in [7, 11) is 0. The van der Waals surface area contributed by atoms with Crippen molar-refractivity contribution in [3.63, 3.8) is 0 Å². The van der Waals surface area contributed by atoms with Crippen LogP contribution in [0.4, 0.5) is 5.69 Å². The number of anilines is 1. The van der Waals surface area contributed by atoms with Crippen LogP contribution in [-0.2, 0) is 6.42 Å². The van der Waals surface area contributed by atoms with Crippen molar-refractivity contribution >= 4 is 24.0 Å². The number of rotatable bonds is 2. The third-order valence-electron chi connectivity index (χ3n) is 4.51. The van der Waals surface area contributed by atoms with Crippen molar-refractivity contribution in [3.05, 3.63) is 29.3 Å². The minimum absolute atomic E-state index is 0. The predicted molar refractivity (Wildman–Crippen MR) is 84.8 cm³/mol. The van der Waals surface area contributed by atoms with Gasteiger partial charge in [-0.25, -0.2) is 0 Å². The highest BCUT2D eigenvalue weighted by atomic mass is 35.5. The van der Waals surface area contributed by atoms with Crippen molar-refractivity contribution in [1.82, 2.24) is 5.32 Å². The van der Waals surface area contributed by atoms with E-state index in [0.717, 1.165) is 24.9 Å². The van der Waals surface area contributed by atoms with E-state index in [4.69, 9.17) is 0 Å². The monoisotopic (exact) mass is 294 g/mol. The van der Waals surface area contributed by atoms with Gasteiger partial charge in [0.15, 0.2) is 0 Å². The number of nitrogens with one attached hydrogen (secondary N) is 2. The van der Waals surface area contributed by atoms with E-state index in [0.29, 0.717) is 12.0 Å². The standard InChI is InChI=1S/C16H22N2O.ClH/c1-11-4-2-3-5-14(11)18-16(19)13-6-7-15-12(10-13)8-9-17-15;/h6-7,10-11,14,17H,2-5,8-9H2,1H3,(H,18,19);1H. The number of halogens is 1. The summed E-state index contributed by atoms with van der Waals surface area (Å²) < 4.78 is 0. The van der Waals surface area contributed by atoms with Crippen molar-refractivity contribution in [2.75, 3.05) is 11.9 Å². The third-order valence-corrected chi connectivity index (χ3v) is 4.51. The van der Waals surface area contributed by atoms with E-state index in [1.165, 1.54) is 30.5 Å². The molecule has 1 aliphatic carbocycles. The molecule has 4 heteroatoms. The first-order chi connectivity index (χ1) is 9.24. The van der Waals surface area contributed by atoms with Crippen LogP contribution in [0.25, 0.3) is 0 Å². The Hall–Kier alpha value is -1.22. The van der Waals surface area contributed by atoms with Gasteiger partial charge in [-0.3, -0.25) is 4.79 Å². The summed E-state index contributed by atoms with van der Waals surface area (Å²) in [5.41, 5.74) is 3.26. The quantitative estimate of drug-likeness (QED) is 0.878. The number of benzene rings is 1. The molecule has 110 valence electrons. The highest BCUT2D eigenvalue weighted by Gasteiger charge is 2.23. The SMILES string of the molecule is CC1CCCCC1NC(=O)c1ccc2c(c1)CCN2.Cl. The Morgan fingerprint density at radius 2 is 2.10 bits per heavy atom. The Kier molecular flexibility index (Phi) is 4.92. The van der Waals surface area contributed by atoms with Crippen LogP contribution in [0.1, 0.15) is 48.5 Å². The molecule has 0 radical (unpaired) electrons. The third kappa shape index (κ3) is 3.09. The largest absolute Gasteiger partial charge is 0.384 e. The van der Waals surface area contributed by atoms with Crippen molar-refractivity contribution in [2.45, 2.75) is 45.1 Å². The molecule has 0 saturated heterocycles. The number of fused-ring (bicyclic) bond motifs is 1. The van der Waals surface area contributed by atoms with E-state index < -0.39 is 0 Å².